The van der Waals surface area contributed by atoms with Crippen LogP contribution in [0, 0.1) is 5.92 Å². The average Bonchev–Trinajstić information content (AvgIpc) is 2.86. The molecule has 112 valence electrons. The molecule has 1 aromatic carbocycles. The maximum absolute atomic E-state index is 12.5. The van der Waals surface area contributed by atoms with Crippen LogP contribution in [0.25, 0.3) is 5.69 Å². The summed E-state index contributed by atoms with van der Waals surface area (Å²) in [7, 11) is 0. The van der Waals surface area contributed by atoms with Gasteiger partial charge in [-0.15, -0.1) is 5.10 Å². The molecule has 0 saturated heterocycles. The van der Waals surface area contributed by atoms with E-state index in [1.807, 2.05) is 0 Å². The van der Waals surface area contributed by atoms with E-state index in [9.17, 15) is 18.0 Å². The van der Waals surface area contributed by atoms with Gasteiger partial charge in [-0.3, -0.25) is 4.79 Å². The Labute approximate surface area is 118 Å². The maximum atomic E-state index is 12.5. The van der Waals surface area contributed by atoms with Gasteiger partial charge >= 0.3 is 12.1 Å². The van der Waals surface area contributed by atoms with Gasteiger partial charge in [-0.25, -0.2) is 4.68 Å². The first-order valence-corrected chi connectivity index (χ1v) is 6.09. The topological polar surface area (TPSA) is 68.0 Å². The standard InChI is InChI=1S/C13H12F3N3O2/c1-8(12(20)21)6-11-7-17-18-19(11)10-4-2-9(3-5-10)13(14,15)16/h2-5,7-8H,6H2,1H3,(H,20,21). The molecule has 0 aliphatic rings. The van der Waals surface area contributed by atoms with Crippen LogP contribution in [0.4, 0.5) is 13.2 Å². The van der Waals surface area contributed by atoms with Crippen LogP contribution in [-0.4, -0.2) is 26.1 Å². The first-order valence-electron chi connectivity index (χ1n) is 6.09. The van der Waals surface area contributed by atoms with Gasteiger partial charge < -0.3 is 5.11 Å². The normalized spacial score (nSPS) is 13.1. The van der Waals surface area contributed by atoms with Crippen LogP contribution >= 0.6 is 0 Å². The largest absolute Gasteiger partial charge is 0.481 e. The summed E-state index contributed by atoms with van der Waals surface area (Å²) in [6.45, 7) is 1.53. The quantitative estimate of drug-likeness (QED) is 0.942. The van der Waals surface area contributed by atoms with Crippen molar-refractivity contribution in [1.82, 2.24) is 15.0 Å². The van der Waals surface area contributed by atoms with Crippen LogP contribution in [0.1, 0.15) is 18.2 Å². The Morgan fingerprint density at radius 1 is 1.33 bits per heavy atom. The molecule has 2 rings (SSSR count). The van der Waals surface area contributed by atoms with E-state index in [1.54, 1.807) is 0 Å². The van der Waals surface area contributed by atoms with E-state index in [4.69, 9.17) is 5.11 Å². The lowest BCUT2D eigenvalue weighted by Crippen LogP contribution is -2.15. The lowest BCUT2D eigenvalue weighted by Gasteiger charge is -2.10. The van der Waals surface area contributed by atoms with Crippen LogP contribution in [0.3, 0.4) is 0 Å². The van der Waals surface area contributed by atoms with Crippen LogP contribution in [0.15, 0.2) is 30.5 Å². The summed E-state index contributed by atoms with van der Waals surface area (Å²) < 4.78 is 38.8. The Balaban J connectivity index is 2.27. The third-order valence-electron chi connectivity index (χ3n) is 3.00. The van der Waals surface area contributed by atoms with Crippen molar-refractivity contribution in [1.29, 1.82) is 0 Å². The Morgan fingerprint density at radius 2 is 1.95 bits per heavy atom. The van der Waals surface area contributed by atoms with Crippen molar-refractivity contribution in [3.63, 3.8) is 0 Å². The molecule has 1 atom stereocenters. The number of hydrogen-bond acceptors (Lipinski definition) is 3. The molecular formula is C13H12F3N3O2. The van der Waals surface area contributed by atoms with E-state index in [-0.39, 0.29) is 6.42 Å². The molecule has 1 unspecified atom stereocenters. The molecule has 0 amide bonds. The molecule has 0 spiro atoms. The number of aliphatic carboxylic acids is 1. The predicted molar refractivity (Wildman–Crippen MR) is 66.9 cm³/mol. The van der Waals surface area contributed by atoms with Gasteiger partial charge in [0.25, 0.3) is 0 Å². The van der Waals surface area contributed by atoms with E-state index >= 15 is 0 Å². The fourth-order valence-electron chi connectivity index (χ4n) is 1.81. The minimum Gasteiger partial charge on any atom is -0.481 e. The second-order valence-electron chi connectivity index (χ2n) is 4.63. The number of halogens is 3. The van der Waals surface area contributed by atoms with Crippen molar-refractivity contribution < 1.29 is 23.1 Å². The second kappa shape index (κ2) is 5.55. The Morgan fingerprint density at radius 3 is 2.48 bits per heavy atom. The number of carboxylic acids is 1. The van der Waals surface area contributed by atoms with Gasteiger partial charge in [-0.05, 0) is 24.3 Å². The minimum atomic E-state index is -4.40. The second-order valence-corrected chi connectivity index (χ2v) is 4.63. The summed E-state index contributed by atoms with van der Waals surface area (Å²) in [5.41, 5.74) is 0.157. The highest BCUT2D eigenvalue weighted by atomic mass is 19.4. The first-order chi connectivity index (χ1) is 9.79. The van der Waals surface area contributed by atoms with Crippen LogP contribution in [0.5, 0.6) is 0 Å². The van der Waals surface area contributed by atoms with Crippen molar-refractivity contribution in [2.24, 2.45) is 5.92 Å². The number of aromatic nitrogens is 3. The SMILES string of the molecule is CC(Cc1cnnn1-c1ccc(C(F)(F)F)cc1)C(=O)O. The summed E-state index contributed by atoms with van der Waals surface area (Å²) in [5.74, 6) is -1.60. The Kier molecular flexibility index (Phi) is 3.97. The molecule has 2 aromatic rings. The van der Waals surface area contributed by atoms with Crippen LogP contribution in [-0.2, 0) is 17.4 Å². The molecular weight excluding hydrogens is 287 g/mol. The summed E-state index contributed by atoms with van der Waals surface area (Å²) in [4.78, 5) is 10.9. The van der Waals surface area contributed by atoms with Gasteiger partial charge in [0.2, 0.25) is 0 Å². The third kappa shape index (κ3) is 3.39. The molecule has 1 aromatic heterocycles. The molecule has 8 heteroatoms. The van der Waals surface area contributed by atoms with E-state index < -0.39 is 23.6 Å². The number of hydrogen-bond donors (Lipinski definition) is 1. The summed E-state index contributed by atoms with van der Waals surface area (Å²) >= 11 is 0. The van der Waals surface area contributed by atoms with E-state index in [0.717, 1.165) is 12.1 Å². The van der Waals surface area contributed by atoms with Gasteiger partial charge in [0.1, 0.15) is 0 Å². The van der Waals surface area contributed by atoms with Gasteiger partial charge in [0.15, 0.2) is 0 Å². The zero-order valence-corrected chi connectivity index (χ0v) is 11.0. The van der Waals surface area contributed by atoms with Gasteiger partial charge in [-0.1, -0.05) is 12.1 Å². The Bertz CT molecular complexity index is 635. The van der Waals surface area contributed by atoms with Crippen molar-refractivity contribution >= 4 is 5.97 Å². The van der Waals surface area contributed by atoms with Crippen LogP contribution < -0.4 is 0 Å². The molecule has 0 fully saturated rings. The van der Waals surface area contributed by atoms with E-state index in [2.05, 4.69) is 10.3 Å². The maximum Gasteiger partial charge on any atom is 0.416 e. The number of nitrogens with zero attached hydrogens (tertiary/aromatic N) is 3. The molecule has 5 nitrogen and oxygen atoms in total. The molecule has 1 N–H and O–H groups in total. The molecule has 21 heavy (non-hydrogen) atoms. The van der Waals surface area contributed by atoms with E-state index in [0.29, 0.717) is 11.4 Å². The summed E-state index contributed by atoms with van der Waals surface area (Å²) in [6, 6.07) is 4.43. The highest BCUT2D eigenvalue weighted by Crippen LogP contribution is 2.29. The lowest BCUT2D eigenvalue weighted by molar-refractivity contribution is -0.141. The zero-order valence-electron chi connectivity index (χ0n) is 11.0. The monoisotopic (exact) mass is 299 g/mol. The average molecular weight is 299 g/mol. The van der Waals surface area contributed by atoms with Crippen LogP contribution in [0.2, 0.25) is 0 Å². The number of benzene rings is 1. The van der Waals surface area contributed by atoms with Gasteiger partial charge in [-0.2, -0.15) is 13.2 Å². The van der Waals surface area contributed by atoms with Crippen molar-refractivity contribution in [3.05, 3.63) is 41.7 Å². The number of carboxylic acid groups (broad SMARTS) is 1. The molecule has 0 aliphatic heterocycles. The van der Waals surface area contributed by atoms with Crippen molar-refractivity contribution in [3.8, 4) is 5.69 Å². The molecule has 1 heterocycles. The fraction of sp³-hybridized carbons (Fsp3) is 0.308. The predicted octanol–water partition coefficient (Wildman–Crippen LogP) is 2.55. The molecule has 0 radical (unpaired) electrons. The number of carbonyl (C=O) groups is 1. The van der Waals surface area contributed by atoms with Gasteiger partial charge in [0.05, 0.1) is 29.1 Å². The minimum absolute atomic E-state index is 0.184. The van der Waals surface area contributed by atoms with E-state index in [1.165, 1.54) is 29.9 Å². The van der Waals surface area contributed by atoms with Crippen molar-refractivity contribution in [2.75, 3.05) is 0 Å². The summed E-state index contributed by atoms with van der Waals surface area (Å²) in [5, 5.41) is 16.4. The third-order valence-corrected chi connectivity index (χ3v) is 3.00. The Hall–Kier alpha value is -2.38. The lowest BCUT2D eigenvalue weighted by atomic mass is 10.1. The van der Waals surface area contributed by atoms with Gasteiger partial charge in [0, 0.05) is 6.42 Å². The zero-order chi connectivity index (χ0) is 15.6. The van der Waals surface area contributed by atoms with Crippen molar-refractivity contribution in [2.45, 2.75) is 19.5 Å². The molecule has 0 saturated carbocycles. The molecule has 0 bridgehead atoms. The fourth-order valence-corrected chi connectivity index (χ4v) is 1.81. The number of rotatable bonds is 4. The highest BCUT2D eigenvalue weighted by Gasteiger charge is 2.30. The smallest absolute Gasteiger partial charge is 0.416 e. The molecule has 0 aliphatic carbocycles. The highest BCUT2D eigenvalue weighted by molar-refractivity contribution is 5.69. The number of alkyl halides is 3. The first kappa shape index (κ1) is 15.0. The summed E-state index contributed by atoms with van der Waals surface area (Å²) in [6.07, 6.45) is -2.82.